The van der Waals surface area contributed by atoms with Gasteiger partial charge in [0.2, 0.25) is 0 Å². The van der Waals surface area contributed by atoms with Gasteiger partial charge < -0.3 is 10.8 Å². The minimum absolute atomic E-state index is 0.216. The smallest absolute Gasteiger partial charge is 0.121 e. The average molecular weight is 298 g/mol. The summed E-state index contributed by atoms with van der Waals surface area (Å²) in [5.74, 6) is 0.216. The van der Waals surface area contributed by atoms with Gasteiger partial charge in [0.05, 0.1) is 15.9 Å². The molecule has 0 unspecified atom stereocenters. The number of aromatic nitrogens is 1. The number of phenolic OH excluding ortho intramolecular Hbond substituents is 1. The Hall–Kier alpha value is -2.07. The molecule has 0 atom stereocenters. The van der Waals surface area contributed by atoms with Crippen LogP contribution in [0.15, 0.2) is 18.2 Å². The van der Waals surface area contributed by atoms with Gasteiger partial charge >= 0.3 is 0 Å². The van der Waals surface area contributed by atoms with E-state index in [9.17, 15) is 5.11 Å². The van der Waals surface area contributed by atoms with E-state index in [4.69, 9.17) is 10.7 Å². The number of thiophene rings is 1. The molecule has 0 radical (unpaired) electrons. The fourth-order valence-electron chi connectivity index (χ4n) is 2.65. The number of pyridine rings is 1. The summed E-state index contributed by atoms with van der Waals surface area (Å²) >= 11 is 1.76. The number of nitrogens with zero attached hydrogens (tertiary/aromatic N) is 1. The summed E-state index contributed by atoms with van der Waals surface area (Å²) in [6.07, 6.45) is 0. The Labute approximate surface area is 128 Å². The number of aryl methyl sites for hydroxylation is 2. The lowest BCUT2D eigenvalue weighted by Crippen LogP contribution is -1.97. The third-order valence-electron chi connectivity index (χ3n) is 4.12. The van der Waals surface area contributed by atoms with Gasteiger partial charge in [0.25, 0.3) is 0 Å². The van der Waals surface area contributed by atoms with Crippen LogP contribution >= 0.6 is 11.3 Å². The maximum absolute atomic E-state index is 10.0. The van der Waals surface area contributed by atoms with Crippen LogP contribution in [0.3, 0.4) is 0 Å². The molecule has 0 amide bonds. The first-order valence-electron chi connectivity index (χ1n) is 6.86. The number of benzene rings is 1. The number of fused-ring (bicyclic) bond motifs is 1. The molecule has 2 aromatic heterocycles. The van der Waals surface area contributed by atoms with Crippen molar-refractivity contribution in [1.82, 2.24) is 4.98 Å². The van der Waals surface area contributed by atoms with Gasteiger partial charge in [-0.3, -0.25) is 0 Å². The fourth-order valence-corrected chi connectivity index (χ4v) is 3.66. The van der Waals surface area contributed by atoms with Crippen LogP contribution in [-0.2, 0) is 0 Å². The maximum Gasteiger partial charge on any atom is 0.121 e. The summed E-state index contributed by atoms with van der Waals surface area (Å²) in [5, 5.41) is 10.0. The van der Waals surface area contributed by atoms with Gasteiger partial charge in [-0.05, 0) is 51.0 Å². The Morgan fingerprint density at radius 1 is 1.05 bits per heavy atom. The number of aromatic hydroxyl groups is 1. The number of nitrogen functional groups attached to an aromatic ring is 1. The van der Waals surface area contributed by atoms with Gasteiger partial charge in [-0.2, -0.15) is 0 Å². The molecule has 3 rings (SSSR count). The lowest BCUT2D eigenvalue weighted by molar-refractivity contribution is 0.471. The highest BCUT2D eigenvalue weighted by atomic mass is 32.1. The topological polar surface area (TPSA) is 59.1 Å². The molecule has 21 heavy (non-hydrogen) atoms. The second kappa shape index (κ2) is 4.74. The SMILES string of the molecule is Cc1sc2ccc(-c3c(C)c(N)cc(O)c3C)nc2c1C. The van der Waals surface area contributed by atoms with Gasteiger partial charge in [0.15, 0.2) is 0 Å². The summed E-state index contributed by atoms with van der Waals surface area (Å²) in [7, 11) is 0. The summed E-state index contributed by atoms with van der Waals surface area (Å²) < 4.78 is 1.19. The third-order valence-corrected chi connectivity index (χ3v) is 5.28. The van der Waals surface area contributed by atoms with Crippen molar-refractivity contribution in [3.8, 4) is 17.0 Å². The van der Waals surface area contributed by atoms with Gasteiger partial charge in [0.1, 0.15) is 5.75 Å². The van der Waals surface area contributed by atoms with E-state index in [0.717, 1.165) is 27.9 Å². The predicted molar refractivity (Wildman–Crippen MR) is 90.1 cm³/mol. The first kappa shape index (κ1) is 13.9. The molecule has 2 heterocycles. The van der Waals surface area contributed by atoms with Crippen LogP contribution < -0.4 is 5.73 Å². The molecule has 3 nitrogen and oxygen atoms in total. The number of nitrogens with two attached hydrogens (primary N) is 1. The number of hydrogen-bond acceptors (Lipinski definition) is 4. The zero-order valence-electron chi connectivity index (χ0n) is 12.6. The lowest BCUT2D eigenvalue weighted by Gasteiger charge is -2.13. The quantitative estimate of drug-likeness (QED) is 0.651. The van der Waals surface area contributed by atoms with E-state index in [2.05, 4.69) is 19.9 Å². The van der Waals surface area contributed by atoms with Gasteiger partial charge in [-0.25, -0.2) is 4.98 Å². The van der Waals surface area contributed by atoms with E-state index in [1.165, 1.54) is 15.1 Å². The molecule has 3 N–H and O–H groups in total. The van der Waals surface area contributed by atoms with E-state index < -0.39 is 0 Å². The van der Waals surface area contributed by atoms with Gasteiger partial charge in [0, 0.05) is 27.8 Å². The summed E-state index contributed by atoms with van der Waals surface area (Å²) in [6, 6.07) is 5.71. The Bertz CT molecular complexity index is 839. The molecule has 0 aliphatic carbocycles. The zero-order valence-corrected chi connectivity index (χ0v) is 13.4. The zero-order chi connectivity index (χ0) is 15.3. The Morgan fingerprint density at radius 3 is 2.48 bits per heavy atom. The van der Waals surface area contributed by atoms with Crippen molar-refractivity contribution >= 4 is 27.2 Å². The van der Waals surface area contributed by atoms with Gasteiger partial charge in [-0.15, -0.1) is 11.3 Å². The molecule has 3 aromatic rings. The predicted octanol–water partition coefficient (Wildman–Crippen LogP) is 4.48. The summed E-state index contributed by atoms with van der Waals surface area (Å²) in [6.45, 7) is 8.08. The van der Waals surface area contributed by atoms with Crippen molar-refractivity contribution < 1.29 is 5.11 Å². The molecule has 1 aromatic carbocycles. The van der Waals surface area contributed by atoms with Crippen molar-refractivity contribution in [1.29, 1.82) is 0 Å². The van der Waals surface area contributed by atoms with Crippen LogP contribution in [0.4, 0.5) is 5.69 Å². The number of rotatable bonds is 1. The average Bonchev–Trinajstić information content (AvgIpc) is 2.73. The van der Waals surface area contributed by atoms with Crippen LogP contribution in [0, 0.1) is 27.7 Å². The largest absolute Gasteiger partial charge is 0.508 e. The van der Waals surface area contributed by atoms with E-state index in [0.29, 0.717) is 5.69 Å². The molecule has 0 spiro atoms. The highest BCUT2D eigenvalue weighted by molar-refractivity contribution is 7.19. The van der Waals surface area contributed by atoms with Crippen LogP contribution in [0.5, 0.6) is 5.75 Å². The third kappa shape index (κ3) is 2.07. The summed E-state index contributed by atoms with van der Waals surface area (Å²) in [5.41, 5.74) is 12.4. The van der Waals surface area contributed by atoms with Crippen molar-refractivity contribution in [2.24, 2.45) is 0 Å². The first-order chi connectivity index (χ1) is 9.90. The van der Waals surface area contributed by atoms with E-state index in [1.807, 2.05) is 19.9 Å². The highest BCUT2D eigenvalue weighted by Crippen LogP contribution is 2.37. The van der Waals surface area contributed by atoms with Crippen LogP contribution in [-0.4, -0.2) is 10.1 Å². The monoisotopic (exact) mass is 298 g/mol. The normalized spacial score (nSPS) is 11.2. The second-order valence-electron chi connectivity index (χ2n) is 5.44. The molecule has 0 fully saturated rings. The molecular formula is C17H18N2OS. The van der Waals surface area contributed by atoms with Crippen LogP contribution in [0.25, 0.3) is 21.5 Å². The standard InChI is InChI=1S/C17H18N2OS/c1-8-11(4)21-15-6-5-13(19-17(8)15)16-9(2)12(18)7-14(20)10(16)3/h5-7,20H,18H2,1-4H3. The first-order valence-corrected chi connectivity index (χ1v) is 7.67. The molecule has 0 aliphatic rings. The molecule has 0 saturated heterocycles. The second-order valence-corrected chi connectivity index (χ2v) is 6.69. The highest BCUT2D eigenvalue weighted by Gasteiger charge is 2.15. The maximum atomic E-state index is 10.0. The van der Waals surface area contributed by atoms with Crippen LogP contribution in [0.1, 0.15) is 21.6 Å². The van der Waals surface area contributed by atoms with E-state index >= 15 is 0 Å². The van der Waals surface area contributed by atoms with E-state index in [-0.39, 0.29) is 5.75 Å². The molecule has 0 aliphatic heterocycles. The van der Waals surface area contributed by atoms with Crippen molar-refractivity contribution in [2.45, 2.75) is 27.7 Å². The summed E-state index contributed by atoms with van der Waals surface area (Å²) in [4.78, 5) is 6.10. The Morgan fingerprint density at radius 2 is 1.76 bits per heavy atom. The molecule has 0 bridgehead atoms. The van der Waals surface area contributed by atoms with Crippen molar-refractivity contribution in [3.05, 3.63) is 39.8 Å². The van der Waals surface area contributed by atoms with Crippen LogP contribution in [0.2, 0.25) is 0 Å². The Kier molecular flexibility index (Phi) is 3.14. The molecule has 0 saturated carbocycles. The number of anilines is 1. The van der Waals surface area contributed by atoms with Gasteiger partial charge in [-0.1, -0.05) is 0 Å². The molecular weight excluding hydrogens is 280 g/mol. The number of phenols is 1. The lowest BCUT2D eigenvalue weighted by atomic mass is 9.97. The van der Waals surface area contributed by atoms with E-state index in [1.54, 1.807) is 17.4 Å². The molecule has 4 heteroatoms. The van der Waals surface area contributed by atoms with Crippen molar-refractivity contribution in [2.75, 3.05) is 5.73 Å². The fraction of sp³-hybridized carbons (Fsp3) is 0.235. The molecule has 108 valence electrons. The Balaban J connectivity index is 2.33. The minimum Gasteiger partial charge on any atom is -0.508 e. The minimum atomic E-state index is 0.216. The van der Waals surface area contributed by atoms with Crippen molar-refractivity contribution in [3.63, 3.8) is 0 Å². The number of hydrogen-bond donors (Lipinski definition) is 2.